The fourth-order valence-electron chi connectivity index (χ4n) is 0.817. The van der Waals surface area contributed by atoms with E-state index in [1.807, 2.05) is 0 Å². The van der Waals surface area contributed by atoms with Gasteiger partial charge in [-0.25, -0.2) is 4.68 Å². The highest BCUT2D eigenvalue weighted by Gasteiger charge is 2.09. The molecule has 1 rings (SSSR count). The molecule has 0 fully saturated rings. The Labute approximate surface area is 68.6 Å². The van der Waals surface area contributed by atoms with E-state index in [0.717, 1.165) is 0 Å². The number of aryl methyl sites for hydroxylation is 1. The summed E-state index contributed by atoms with van der Waals surface area (Å²) in [5, 5.41) is 10.4. The highest BCUT2D eigenvalue weighted by atomic mass is 19.1. The van der Waals surface area contributed by atoms with Crippen LogP contribution in [-0.2, 0) is 6.54 Å². The molecule has 0 saturated carbocycles. The summed E-state index contributed by atoms with van der Waals surface area (Å²) in [6.07, 6.45) is 0.325. The first-order valence-electron chi connectivity index (χ1n) is 3.58. The predicted molar refractivity (Wildman–Crippen MR) is 38.4 cm³/mol. The third kappa shape index (κ3) is 1.84. The highest BCUT2D eigenvalue weighted by Crippen LogP contribution is 1.95. The van der Waals surface area contributed by atoms with Gasteiger partial charge in [0.2, 0.25) is 5.82 Å². The van der Waals surface area contributed by atoms with Crippen molar-refractivity contribution in [2.24, 2.45) is 0 Å². The number of hydrogen-bond donors (Lipinski definition) is 0. The molecular formula is C6H9FN4O. The third-order valence-electron chi connectivity index (χ3n) is 1.35. The van der Waals surface area contributed by atoms with Crippen LogP contribution in [0.25, 0.3) is 0 Å². The van der Waals surface area contributed by atoms with E-state index < -0.39 is 6.67 Å². The summed E-state index contributed by atoms with van der Waals surface area (Å²) in [6, 6.07) is 0. The van der Waals surface area contributed by atoms with E-state index in [2.05, 4.69) is 15.5 Å². The molecule has 0 amide bonds. The molecule has 0 aliphatic rings. The van der Waals surface area contributed by atoms with Gasteiger partial charge < -0.3 is 0 Å². The topological polar surface area (TPSA) is 60.7 Å². The van der Waals surface area contributed by atoms with Gasteiger partial charge in [0.05, 0.1) is 6.67 Å². The van der Waals surface area contributed by atoms with Gasteiger partial charge in [-0.15, -0.1) is 5.10 Å². The summed E-state index contributed by atoms with van der Waals surface area (Å²) in [7, 11) is 0. The smallest absolute Gasteiger partial charge is 0.217 e. The standard InChI is InChI=1S/C6H9FN4O/c1-5(12)6-8-9-10-11(6)4-2-3-7/h2-4H2,1H3. The van der Waals surface area contributed by atoms with Crippen LogP contribution in [0.5, 0.6) is 0 Å². The summed E-state index contributed by atoms with van der Waals surface area (Å²) in [5.74, 6) is -0.0256. The number of ketones is 1. The van der Waals surface area contributed by atoms with Gasteiger partial charge in [-0.2, -0.15) is 0 Å². The van der Waals surface area contributed by atoms with Gasteiger partial charge in [-0.3, -0.25) is 9.18 Å². The first kappa shape index (κ1) is 8.76. The normalized spacial score (nSPS) is 10.2. The van der Waals surface area contributed by atoms with Gasteiger partial charge in [-0.05, 0) is 16.8 Å². The number of hydrogen-bond acceptors (Lipinski definition) is 4. The van der Waals surface area contributed by atoms with Gasteiger partial charge in [0.15, 0.2) is 5.78 Å². The average Bonchev–Trinajstić information content (AvgIpc) is 2.48. The van der Waals surface area contributed by atoms with Gasteiger partial charge in [0.25, 0.3) is 0 Å². The number of Topliss-reactive ketones (excluding diaryl/α,β-unsaturated/α-hetero) is 1. The van der Waals surface area contributed by atoms with Gasteiger partial charge in [0.1, 0.15) is 0 Å². The second-order valence-electron chi connectivity index (χ2n) is 2.32. The van der Waals surface area contributed by atoms with Crippen molar-refractivity contribution in [3.8, 4) is 0 Å². The predicted octanol–water partition coefficient (Wildman–Crippen LogP) is 0.235. The lowest BCUT2D eigenvalue weighted by Gasteiger charge is -1.97. The number of aromatic nitrogens is 4. The molecular weight excluding hydrogens is 163 g/mol. The number of halogens is 1. The Morgan fingerprint density at radius 2 is 2.42 bits per heavy atom. The van der Waals surface area contributed by atoms with E-state index in [-0.39, 0.29) is 11.6 Å². The van der Waals surface area contributed by atoms with E-state index in [9.17, 15) is 9.18 Å². The fraction of sp³-hybridized carbons (Fsp3) is 0.667. The summed E-state index contributed by atoms with van der Waals surface area (Å²) >= 11 is 0. The van der Waals surface area contributed by atoms with Crippen LogP contribution in [0.15, 0.2) is 0 Å². The third-order valence-corrected chi connectivity index (χ3v) is 1.35. The van der Waals surface area contributed by atoms with Crippen LogP contribution in [0.1, 0.15) is 24.0 Å². The van der Waals surface area contributed by atoms with Crippen molar-refractivity contribution in [2.45, 2.75) is 19.9 Å². The number of alkyl halides is 1. The summed E-state index contributed by atoms with van der Waals surface area (Å²) in [5.41, 5.74) is 0. The van der Waals surface area contributed by atoms with Crippen LogP contribution in [0.3, 0.4) is 0 Å². The van der Waals surface area contributed by atoms with E-state index >= 15 is 0 Å². The maximum absolute atomic E-state index is 11.8. The average molecular weight is 172 g/mol. The lowest BCUT2D eigenvalue weighted by molar-refractivity contribution is 0.0997. The zero-order valence-corrected chi connectivity index (χ0v) is 6.70. The molecule has 5 nitrogen and oxygen atoms in total. The molecule has 0 atom stereocenters. The molecule has 1 heterocycles. The number of tetrazole rings is 1. The quantitative estimate of drug-likeness (QED) is 0.610. The molecule has 0 spiro atoms. The molecule has 6 heteroatoms. The Morgan fingerprint density at radius 3 is 3.00 bits per heavy atom. The van der Waals surface area contributed by atoms with Crippen LogP contribution in [0.2, 0.25) is 0 Å². The number of carbonyl (C=O) groups is 1. The minimum absolute atomic E-state index is 0.184. The largest absolute Gasteiger partial charge is 0.291 e. The second kappa shape index (κ2) is 3.89. The van der Waals surface area contributed by atoms with Gasteiger partial charge >= 0.3 is 0 Å². The van der Waals surface area contributed by atoms with Crippen molar-refractivity contribution in [3.63, 3.8) is 0 Å². The summed E-state index contributed by atoms with van der Waals surface area (Å²) in [4.78, 5) is 10.8. The second-order valence-corrected chi connectivity index (χ2v) is 2.32. The highest BCUT2D eigenvalue weighted by molar-refractivity contribution is 5.90. The molecule has 0 N–H and O–H groups in total. The van der Waals surface area contributed by atoms with Crippen LogP contribution >= 0.6 is 0 Å². The van der Waals surface area contributed by atoms with Crippen molar-refractivity contribution in [2.75, 3.05) is 6.67 Å². The molecule has 0 radical (unpaired) electrons. The minimum atomic E-state index is -0.433. The molecule has 0 bridgehead atoms. The Hall–Kier alpha value is -1.33. The monoisotopic (exact) mass is 172 g/mol. The number of carbonyl (C=O) groups excluding carboxylic acids is 1. The SMILES string of the molecule is CC(=O)c1nnnn1CCCF. The van der Waals surface area contributed by atoms with Crippen LogP contribution < -0.4 is 0 Å². The van der Waals surface area contributed by atoms with E-state index in [0.29, 0.717) is 13.0 Å². The van der Waals surface area contributed by atoms with Crippen LogP contribution in [0, 0.1) is 0 Å². The molecule has 66 valence electrons. The zero-order chi connectivity index (χ0) is 8.97. The Bertz CT molecular complexity index is 272. The number of rotatable bonds is 4. The van der Waals surface area contributed by atoms with Crippen molar-refractivity contribution < 1.29 is 9.18 Å². The molecule has 12 heavy (non-hydrogen) atoms. The maximum atomic E-state index is 11.8. The van der Waals surface area contributed by atoms with E-state index in [1.54, 1.807) is 0 Å². The van der Waals surface area contributed by atoms with Crippen molar-refractivity contribution in [3.05, 3.63) is 5.82 Å². The minimum Gasteiger partial charge on any atom is -0.291 e. The van der Waals surface area contributed by atoms with Crippen molar-refractivity contribution in [1.82, 2.24) is 20.2 Å². The molecule has 0 aromatic carbocycles. The Kier molecular flexibility index (Phi) is 2.84. The molecule has 1 aromatic heterocycles. The first-order chi connectivity index (χ1) is 5.75. The van der Waals surface area contributed by atoms with Gasteiger partial charge in [0, 0.05) is 13.5 Å². The molecule has 0 aliphatic heterocycles. The molecule has 1 aromatic rings. The number of nitrogens with zero attached hydrogens (tertiary/aromatic N) is 4. The maximum Gasteiger partial charge on any atom is 0.217 e. The molecule has 0 unspecified atom stereocenters. The van der Waals surface area contributed by atoms with Crippen LogP contribution in [-0.4, -0.2) is 32.7 Å². The summed E-state index contributed by atoms with van der Waals surface area (Å²) < 4.78 is 13.1. The van der Waals surface area contributed by atoms with Crippen molar-refractivity contribution in [1.29, 1.82) is 0 Å². The lowest BCUT2D eigenvalue weighted by Crippen LogP contribution is -2.09. The molecule has 0 aliphatic carbocycles. The van der Waals surface area contributed by atoms with Gasteiger partial charge in [-0.1, -0.05) is 0 Å². The first-order valence-corrected chi connectivity index (χ1v) is 3.58. The zero-order valence-electron chi connectivity index (χ0n) is 6.70. The summed E-state index contributed by atoms with van der Waals surface area (Å²) in [6.45, 7) is 1.28. The Morgan fingerprint density at radius 1 is 1.67 bits per heavy atom. The van der Waals surface area contributed by atoms with Crippen LogP contribution in [0.4, 0.5) is 4.39 Å². The Balaban J connectivity index is 2.70. The van der Waals surface area contributed by atoms with E-state index in [1.165, 1.54) is 11.6 Å². The fourth-order valence-corrected chi connectivity index (χ4v) is 0.817. The lowest BCUT2D eigenvalue weighted by atomic mass is 10.4. The van der Waals surface area contributed by atoms with Crippen molar-refractivity contribution >= 4 is 5.78 Å². The van der Waals surface area contributed by atoms with E-state index in [4.69, 9.17) is 0 Å². The molecule has 0 saturated heterocycles.